The number of sulfonamides is 1. The largest absolute Gasteiger partial charge is 0.348 e. The fourth-order valence-electron chi connectivity index (χ4n) is 3.67. The molecule has 2 rings (SSSR count). The van der Waals surface area contributed by atoms with Crippen LogP contribution in [-0.2, 0) is 10.0 Å². The molecule has 0 aliphatic heterocycles. The van der Waals surface area contributed by atoms with E-state index in [1.165, 1.54) is 35.7 Å². The zero-order chi connectivity index (χ0) is 19.2. The quantitative estimate of drug-likeness (QED) is 0.680. The van der Waals surface area contributed by atoms with Crippen LogP contribution in [0, 0.1) is 5.92 Å². The number of hydrogen-bond donors (Lipinski definition) is 2. The summed E-state index contributed by atoms with van der Waals surface area (Å²) in [5.74, 6) is 0.142. The van der Waals surface area contributed by atoms with Crippen LogP contribution in [0.5, 0.6) is 0 Å². The average Bonchev–Trinajstić information content (AvgIpc) is 2.67. The maximum absolute atomic E-state index is 12.7. The zero-order valence-electron chi connectivity index (χ0n) is 16.2. The van der Waals surface area contributed by atoms with Crippen molar-refractivity contribution in [2.75, 3.05) is 19.6 Å². The molecule has 154 valence electrons. The Kier molecular flexibility index (Phi) is 9.73. The number of carbonyl (C=O) groups is 1. The molecule has 0 bridgehead atoms. The summed E-state index contributed by atoms with van der Waals surface area (Å²) in [6.07, 6.45) is 5.76. The third-order valence-corrected chi connectivity index (χ3v) is 7.27. The lowest BCUT2D eigenvalue weighted by atomic mass is 9.84. The van der Waals surface area contributed by atoms with Gasteiger partial charge in [-0.05, 0) is 37.0 Å². The molecule has 8 heteroatoms. The molecule has 27 heavy (non-hydrogen) atoms. The molecular weight excluding hydrogens is 386 g/mol. The highest BCUT2D eigenvalue weighted by molar-refractivity contribution is 7.89. The Morgan fingerprint density at radius 1 is 1.22 bits per heavy atom. The van der Waals surface area contributed by atoms with Crippen LogP contribution in [0.3, 0.4) is 0 Å². The lowest BCUT2D eigenvalue weighted by molar-refractivity contribution is 0.0915. The van der Waals surface area contributed by atoms with Crippen molar-refractivity contribution in [3.05, 3.63) is 29.8 Å². The van der Waals surface area contributed by atoms with E-state index < -0.39 is 10.0 Å². The molecule has 6 nitrogen and oxygen atoms in total. The van der Waals surface area contributed by atoms with Crippen molar-refractivity contribution in [3.63, 3.8) is 0 Å². The molecule has 1 amide bonds. The first-order valence-electron chi connectivity index (χ1n) is 9.55. The molecule has 1 atom stereocenters. The summed E-state index contributed by atoms with van der Waals surface area (Å²) in [7, 11) is -3.58. The van der Waals surface area contributed by atoms with E-state index in [9.17, 15) is 13.2 Å². The molecular formula is C19H32ClN3O3S. The van der Waals surface area contributed by atoms with Gasteiger partial charge in [-0.2, -0.15) is 4.31 Å². The van der Waals surface area contributed by atoms with Crippen LogP contribution in [0.15, 0.2) is 29.2 Å². The number of nitrogens with two attached hydrogens (primary N) is 1. The Bertz CT molecular complexity index is 702. The fraction of sp³-hybridized carbons (Fsp3) is 0.632. The summed E-state index contributed by atoms with van der Waals surface area (Å²) < 4.78 is 26.7. The summed E-state index contributed by atoms with van der Waals surface area (Å²) in [6.45, 7) is 4.79. The number of carbonyl (C=O) groups excluding carboxylic acids is 1. The van der Waals surface area contributed by atoms with Gasteiger partial charge >= 0.3 is 0 Å². The van der Waals surface area contributed by atoms with Gasteiger partial charge in [0.25, 0.3) is 5.91 Å². The monoisotopic (exact) mass is 417 g/mol. The minimum atomic E-state index is -3.58. The van der Waals surface area contributed by atoms with Crippen LogP contribution in [0.25, 0.3) is 0 Å². The topological polar surface area (TPSA) is 92.5 Å². The second-order valence-corrected chi connectivity index (χ2v) is 8.77. The van der Waals surface area contributed by atoms with Crippen molar-refractivity contribution in [1.82, 2.24) is 9.62 Å². The first kappa shape index (κ1) is 23.9. The summed E-state index contributed by atoms with van der Waals surface area (Å²) in [6, 6.07) is 6.18. The Hall–Kier alpha value is -1.15. The smallest absolute Gasteiger partial charge is 0.251 e. The number of amides is 1. The van der Waals surface area contributed by atoms with E-state index in [-0.39, 0.29) is 29.3 Å². The molecule has 0 radical (unpaired) electrons. The fourth-order valence-corrected chi connectivity index (χ4v) is 5.17. The van der Waals surface area contributed by atoms with Gasteiger partial charge < -0.3 is 11.1 Å². The van der Waals surface area contributed by atoms with Crippen LogP contribution in [0.4, 0.5) is 0 Å². The number of nitrogens with zero attached hydrogens (tertiary/aromatic N) is 1. The lowest BCUT2D eigenvalue weighted by Crippen LogP contribution is -2.46. The summed E-state index contributed by atoms with van der Waals surface area (Å²) in [5, 5.41) is 3.02. The molecule has 1 unspecified atom stereocenters. The molecule has 1 fully saturated rings. The molecule has 3 N–H and O–H groups in total. The minimum Gasteiger partial charge on any atom is -0.348 e. The van der Waals surface area contributed by atoms with Crippen LogP contribution in [0.2, 0.25) is 0 Å². The van der Waals surface area contributed by atoms with E-state index in [2.05, 4.69) is 5.32 Å². The minimum absolute atomic E-state index is 0. The van der Waals surface area contributed by atoms with Gasteiger partial charge in [-0.3, -0.25) is 4.79 Å². The number of rotatable bonds is 8. The average molecular weight is 418 g/mol. The molecule has 0 heterocycles. The van der Waals surface area contributed by atoms with Crippen LogP contribution >= 0.6 is 12.4 Å². The zero-order valence-corrected chi connectivity index (χ0v) is 17.8. The van der Waals surface area contributed by atoms with Gasteiger partial charge in [0.05, 0.1) is 4.90 Å². The molecule has 1 aromatic rings. The van der Waals surface area contributed by atoms with Crippen molar-refractivity contribution < 1.29 is 13.2 Å². The van der Waals surface area contributed by atoms with Gasteiger partial charge in [-0.1, -0.05) is 39.2 Å². The molecule has 0 spiro atoms. The van der Waals surface area contributed by atoms with Crippen molar-refractivity contribution in [1.29, 1.82) is 0 Å². The van der Waals surface area contributed by atoms with Crippen LogP contribution in [-0.4, -0.2) is 44.3 Å². The van der Waals surface area contributed by atoms with E-state index in [0.29, 0.717) is 31.1 Å². The Labute approximate surface area is 169 Å². The molecule has 1 aromatic carbocycles. The van der Waals surface area contributed by atoms with E-state index in [1.54, 1.807) is 26.0 Å². The predicted octanol–water partition coefficient (Wildman–Crippen LogP) is 2.78. The summed E-state index contributed by atoms with van der Waals surface area (Å²) in [5.41, 5.74) is 6.24. The molecule has 1 saturated carbocycles. The SMILES string of the molecule is CCN(CC)S(=O)(=O)c1cccc(C(=O)NC(CN)C2CCCCC2)c1.Cl. The van der Waals surface area contributed by atoms with E-state index in [4.69, 9.17) is 5.73 Å². The number of halogens is 1. The summed E-state index contributed by atoms with van der Waals surface area (Å²) >= 11 is 0. The number of nitrogens with one attached hydrogen (secondary N) is 1. The Morgan fingerprint density at radius 2 is 1.85 bits per heavy atom. The first-order valence-corrected chi connectivity index (χ1v) is 11.0. The highest BCUT2D eigenvalue weighted by Crippen LogP contribution is 2.26. The standard InChI is InChI=1S/C19H31N3O3S.ClH/c1-3-22(4-2)26(24,25)17-12-8-11-16(13-17)19(23)21-18(14-20)15-9-6-5-7-10-15;/h8,11-13,15,18H,3-7,9-10,14,20H2,1-2H3,(H,21,23);1H. The second kappa shape index (κ2) is 11.0. The molecule has 1 aliphatic carbocycles. The Balaban J connectivity index is 0.00000364. The van der Waals surface area contributed by atoms with Crippen LogP contribution < -0.4 is 11.1 Å². The van der Waals surface area contributed by atoms with E-state index >= 15 is 0 Å². The Morgan fingerprint density at radius 3 is 2.41 bits per heavy atom. The second-order valence-electron chi connectivity index (χ2n) is 6.83. The van der Waals surface area contributed by atoms with Gasteiger partial charge in [0.15, 0.2) is 0 Å². The van der Waals surface area contributed by atoms with Crippen molar-refractivity contribution in [2.24, 2.45) is 11.7 Å². The highest BCUT2D eigenvalue weighted by atomic mass is 35.5. The summed E-state index contributed by atoms with van der Waals surface area (Å²) in [4.78, 5) is 12.8. The van der Waals surface area contributed by atoms with Gasteiger partial charge in [0.2, 0.25) is 10.0 Å². The van der Waals surface area contributed by atoms with Gasteiger partial charge in [0, 0.05) is 31.2 Å². The third-order valence-electron chi connectivity index (χ3n) is 5.23. The maximum atomic E-state index is 12.7. The molecule has 1 aliphatic rings. The predicted molar refractivity (Wildman–Crippen MR) is 111 cm³/mol. The highest BCUT2D eigenvalue weighted by Gasteiger charge is 2.26. The lowest BCUT2D eigenvalue weighted by Gasteiger charge is -2.30. The van der Waals surface area contributed by atoms with Crippen molar-refractivity contribution in [2.45, 2.75) is 56.9 Å². The number of hydrogen-bond acceptors (Lipinski definition) is 4. The van der Waals surface area contributed by atoms with Crippen molar-refractivity contribution >= 4 is 28.3 Å². The van der Waals surface area contributed by atoms with Crippen molar-refractivity contribution in [3.8, 4) is 0 Å². The van der Waals surface area contributed by atoms with Crippen LogP contribution in [0.1, 0.15) is 56.3 Å². The van der Waals surface area contributed by atoms with Gasteiger partial charge in [0.1, 0.15) is 0 Å². The third kappa shape index (κ3) is 5.91. The molecule has 0 saturated heterocycles. The van der Waals surface area contributed by atoms with Gasteiger partial charge in [-0.15, -0.1) is 12.4 Å². The van der Waals surface area contributed by atoms with E-state index in [0.717, 1.165) is 12.8 Å². The normalized spacial score (nSPS) is 16.6. The van der Waals surface area contributed by atoms with E-state index in [1.807, 2.05) is 0 Å². The number of benzene rings is 1. The van der Waals surface area contributed by atoms with Gasteiger partial charge in [-0.25, -0.2) is 8.42 Å². The first-order chi connectivity index (χ1) is 12.4. The maximum Gasteiger partial charge on any atom is 0.251 e. The molecule has 0 aromatic heterocycles.